The SMILES string of the molecule is CCCCCOc1ccc(Nc2nc(CN3CCC[C@H]3C(=O)O)cs2)cc1C(F)(F)F. The lowest BCUT2D eigenvalue weighted by Crippen LogP contribution is -2.35. The molecule has 1 aromatic heterocycles. The third-order valence-corrected chi connectivity index (χ3v) is 5.91. The van der Waals surface area contributed by atoms with Crippen molar-refractivity contribution in [3.63, 3.8) is 0 Å². The number of halogens is 3. The van der Waals surface area contributed by atoms with Gasteiger partial charge >= 0.3 is 12.1 Å². The number of anilines is 2. The van der Waals surface area contributed by atoms with Gasteiger partial charge in [0.15, 0.2) is 5.13 Å². The summed E-state index contributed by atoms with van der Waals surface area (Å²) in [5, 5.41) is 14.4. The number of rotatable bonds is 10. The zero-order valence-corrected chi connectivity index (χ0v) is 18.1. The first-order valence-corrected chi connectivity index (χ1v) is 11.2. The van der Waals surface area contributed by atoms with Crippen LogP contribution in [0.1, 0.15) is 50.3 Å². The maximum absolute atomic E-state index is 13.5. The molecule has 2 aromatic rings. The molecule has 0 radical (unpaired) electrons. The normalized spacial score (nSPS) is 17.1. The number of carboxylic acids is 1. The minimum absolute atomic E-state index is 0.178. The summed E-state index contributed by atoms with van der Waals surface area (Å²) in [5.74, 6) is -1.02. The van der Waals surface area contributed by atoms with E-state index in [-0.39, 0.29) is 18.0 Å². The summed E-state index contributed by atoms with van der Waals surface area (Å²) >= 11 is 1.27. The van der Waals surface area contributed by atoms with Gasteiger partial charge in [-0.25, -0.2) is 4.98 Å². The Labute approximate surface area is 183 Å². The van der Waals surface area contributed by atoms with E-state index in [1.807, 2.05) is 11.8 Å². The number of nitrogens with zero attached hydrogens (tertiary/aromatic N) is 2. The maximum atomic E-state index is 13.5. The van der Waals surface area contributed by atoms with Gasteiger partial charge in [-0.15, -0.1) is 11.3 Å². The molecule has 3 rings (SSSR count). The number of benzene rings is 1. The zero-order chi connectivity index (χ0) is 22.4. The van der Waals surface area contributed by atoms with Gasteiger partial charge in [0.05, 0.1) is 17.9 Å². The standard InChI is InChI=1S/C21H26F3N3O3S/c1-2-3-4-10-30-18-8-7-14(11-16(18)21(22,23)24)25-20-26-15(13-31-20)12-27-9-5-6-17(27)19(28)29/h7-8,11,13,17H,2-6,9-10,12H2,1H3,(H,25,26)(H,28,29)/t17-/m0/s1. The average molecular weight is 458 g/mol. The predicted molar refractivity (Wildman–Crippen MR) is 113 cm³/mol. The molecule has 0 saturated carbocycles. The number of hydrogen-bond donors (Lipinski definition) is 2. The topological polar surface area (TPSA) is 74.7 Å². The van der Waals surface area contributed by atoms with Crippen LogP contribution < -0.4 is 10.1 Å². The third-order valence-electron chi connectivity index (χ3n) is 5.11. The summed E-state index contributed by atoms with van der Waals surface area (Å²) in [7, 11) is 0. The van der Waals surface area contributed by atoms with E-state index in [0.29, 0.717) is 36.8 Å². The highest BCUT2D eigenvalue weighted by Crippen LogP contribution is 2.38. The third kappa shape index (κ3) is 6.33. The number of carboxylic acid groups (broad SMARTS) is 1. The average Bonchev–Trinajstić information content (AvgIpc) is 3.35. The molecule has 170 valence electrons. The Morgan fingerprint density at radius 2 is 2.19 bits per heavy atom. The molecule has 1 fully saturated rings. The van der Waals surface area contributed by atoms with Gasteiger partial charge in [-0.1, -0.05) is 19.8 Å². The van der Waals surface area contributed by atoms with Crippen molar-refractivity contribution in [1.82, 2.24) is 9.88 Å². The number of alkyl halides is 3. The van der Waals surface area contributed by atoms with E-state index in [1.54, 1.807) is 5.38 Å². The Bertz CT molecular complexity index is 888. The van der Waals surface area contributed by atoms with E-state index in [2.05, 4.69) is 10.3 Å². The smallest absolute Gasteiger partial charge is 0.420 e. The van der Waals surface area contributed by atoms with Crippen LogP contribution in [0.15, 0.2) is 23.6 Å². The summed E-state index contributed by atoms with van der Waals surface area (Å²) in [5.41, 5.74) is 0.124. The molecule has 0 unspecified atom stereocenters. The molecule has 2 heterocycles. The number of aliphatic carboxylic acids is 1. The first kappa shape index (κ1) is 23.3. The van der Waals surface area contributed by atoms with Crippen molar-refractivity contribution < 1.29 is 27.8 Å². The highest BCUT2D eigenvalue weighted by Gasteiger charge is 2.35. The number of nitrogens with one attached hydrogen (secondary N) is 1. The summed E-state index contributed by atoms with van der Waals surface area (Å²) in [6.45, 7) is 3.34. The molecule has 10 heteroatoms. The first-order valence-electron chi connectivity index (χ1n) is 10.3. The van der Waals surface area contributed by atoms with Crippen LogP contribution in [-0.4, -0.2) is 40.2 Å². The van der Waals surface area contributed by atoms with Crippen LogP contribution in [0.4, 0.5) is 24.0 Å². The van der Waals surface area contributed by atoms with Crippen molar-refractivity contribution in [2.45, 2.75) is 57.8 Å². The molecule has 1 aliphatic heterocycles. The lowest BCUT2D eigenvalue weighted by molar-refractivity contribution is -0.142. The number of likely N-dealkylation sites (tertiary alicyclic amines) is 1. The van der Waals surface area contributed by atoms with Crippen molar-refractivity contribution in [3.8, 4) is 5.75 Å². The van der Waals surface area contributed by atoms with Crippen LogP contribution in [0.3, 0.4) is 0 Å². The van der Waals surface area contributed by atoms with E-state index in [1.165, 1.54) is 23.5 Å². The zero-order valence-electron chi connectivity index (χ0n) is 17.2. The van der Waals surface area contributed by atoms with Gasteiger partial charge in [0.25, 0.3) is 0 Å². The molecule has 1 aliphatic rings. The van der Waals surface area contributed by atoms with Gasteiger partial charge < -0.3 is 15.2 Å². The number of carbonyl (C=O) groups is 1. The fourth-order valence-corrected chi connectivity index (χ4v) is 4.27. The van der Waals surface area contributed by atoms with Gasteiger partial charge in [0, 0.05) is 17.6 Å². The molecule has 1 aromatic carbocycles. The molecule has 6 nitrogen and oxygen atoms in total. The van der Waals surface area contributed by atoms with E-state index < -0.39 is 23.8 Å². The lowest BCUT2D eigenvalue weighted by Gasteiger charge is -2.19. The van der Waals surface area contributed by atoms with Crippen LogP contribution in [0, 0.1) is 0 Å². The Kier molecular flexibility index (Phi) is 7.77. The summed E-state index contributed by atoms with van der Waals surface area (Å²) < 4.78 is 45.9. The fraction of sp³-hybridized carbons (Fsp3) is 0.524. The van der Waals surface area contributed by atoms with Crippen LogP contribution >= 0.6 is 11.3 Å². The van der Waals surface area contributed by atoms with E-state index in [0.717, 1.165) is 25.3 Å². The largest absolute Gasteiger partial charge is 0.493 e. The van der Waals surface area contributed by atoms with Gasteiger partial charge in [-0.2, -0.15) is 13.2 Å². The number of aromatic nitrogens is 1. The number of thiazole rings is 1. The molecule has 0 aliphatic carbocycles. The maximum Gasteiger partial charge on any atom is 0.420 e. The Hall–Kier alpha value is -2.33. The minimum atomic E-state index is -4.53. The molecular formula is C21H26F3N3O3S. The summed E-state index contributed by atoms with van der Waals surface area (Å²) in [6.07, 6.45) is -0.541. The van der Waals surface area contributed by atoms with Crippen LogP contribution in [0.2, 0.25) is 0 Å². The van der Waals surface area contributed by atoms with Crippen molar-refractivity contribution in [2.24, 2.45) is 0 Å². The molecule has 1 saturated heterocycles. The molecule has 31 heavy (non-hydrogen) atoms. The lowest BCUT2D eigenvalue weighted by atomic mass is 10.1. The van der Waals surface area contributed by atoms with Crippen LogP contribution in [-0.2, 0) is 17.5 Å². The van der Waals surface area contributed by atoms with E-state index in [9.17, 15) is 23.1 Å². The van der Waals surface area contributed by atoms with Crippen molar-refractivity contribution in [3.05, 3.63) is 34.8 Å². The monoisotopic (exact) mass is 457 g/mol. The van der Waals surface area contributed by atoms with Crippen molar-refractivity contribution >= 4 is 28.1 Å². The quantitative estimate of drug-likeness (QED) is 0.458. The van der Waals surface area contributed by atoms with Crippen LogP contribution in [0.5, 0.6) is 5.75 Å². The molecule has 1 atom stereocenters. The molecule has 0 spiro atoms. The number of ether oxygens (including phenoxy) is 1. The number of unbranched alkanes of at least 4 members (excludes halogenated alkanes) is 2. The van der Waals surface area contributed by atoms with E-state index in [4.69, 9.17) is 4.74 Å². The fourth-order valence-electron chi connectivity index (χ4n) is 3.55. The Morgan fingerprint density at radius 1 is 1.39 bits per heavy atom. The molecular weight excluding hydrogens is 431 g/mol. The summed E-state index contributed by atoms with van der Waals surface area (Å²) in [4.78, 5) is 17.6. The second-order valence-electron chi connectivity index (χ2n) is 7.50. The predicted octanol–water partition coefficient (Wildman–Crippen LogP) is 5.52. The Balaban J connectivity index is 1.67. The second-order valence-corrected chi connectivity index (χ2v) is 8.36. The van der Waals surface area contributed by atoms with Crippen molar-refractivity contribution in [2.75, 3.05) is 18.5 Å². The molecule has 0 bridgehead atoms. The number of hydrogen-bond acceptors (Lipinski definition) is 6. The van der Waals surface area contributed by atoms with Gasteiger partial charge in [0.1, 0.15) is 11.8 Å². The van der Waals surface area contributed by atoms with Gasteiger partial charge in [-0.05, 0) is 44.0 Å². The molecule has 2 N–H and O–H groups in total. The highest BCUT2D eigenvalue weighted by atomic mass is 32.1. The second kappa shape index (κ2) is 10.3. The highest BCUT2D eigenvalue weighted by molar-refractivity contribution is 7.13. The Morgan fingerprint density at radius 3 is 2.90 bits per heavy atom. The minimum Gasteiger partial charge on any atom is -0.493 e. The van der Waals surface area contributed by atoms with Crippen LogP contribution in [0.25, 0.3) is 0 Å². The van der Waals surface area contributed by atoms with Gasteiger partial charge in [-0.3, -0.25) is 9.69 Å². The van der Waals surface area contributed by atoms with Gasteiger partial charge in [0.2, 0.25) is 0 Å². The molecule has 0 amide bonds. The summed E-state index contributed by atoms with van der Waals surface area (Å²) in [6, 6.07) is 3.37. The first-order chi connectivity index (χ1) is 14.8. The van der Waals surface area contributed by atoms with E-state index >= 15 is 0 Å². The van der Waals surface area contributed by atoms with Crippen molar-refractivity contribution in [1.29, 1.82) is 0 Å².